The third kappa shape index (κ3) is 3.56. The van der Waals surface area contributed by atoms with Crippen LogP contribution in [0.1, 0.15) is 11.3 Å². The molecule has 0 radical (unpaired) electrons. The molecule has 0 aliphatic carbocycles. The molecule has 1 heterocycles. The van der Waals surface area contributed by atoms with Crippen molar-refractivity contribution >= 4 is 21.4 Å². The minimum absolute atomic E-state index is 0.261. The Morgan fingerprint density at radius 3 is 2.74 bits per heavy atom. The molecule has 102 valence electrons. The van der Waals surface area contributed by atoms with Crippen LogP contribution in [-0.4, -0.2) is 24.9 Å². The van der Waals surface area contributed by atoms with Gasteiger partial charge in [-0.3, -0.25) is 5.10 Å². The second-order valence-electron chi connectivity index (χ2n) is 4.17. The van der Waals surface area contributed by atoms with Crippen molar-refractivity contribution in [1.29, 1.82) is 0 Å². The molecule has 0 aliphatic rings. The van der Waals surface area contributed by atoms with Crippen LogP contribution in [0, 0.1) is 0 Å². The highest BCUT2D eigenvalue weighted by atomic mass is 35.5. The number of benzene rings is 1. The van der Waals surface area contributed by atoms with Gasteiger partial charge in [0.2, 0.25) is 0 Å². The molecule has 7 heteroatoms. The van der Waals surface area contributed by atoms with Crippen LogP contribution < -0.4 is 5.32 Å². The summed E-state index contributed by atoms with van der Waals surface area (Å²) in [6.45, 7) is 0.940. The van der Waals surface area contributed by atoms with Gasteiger partial charge in [0, 0.05) is 41.8 Å². The van der Waals surface area contributed by atoms with Crippen LogP contribution in [0.5, 0.6) is 0 Å². The summed E-state index contributed by atoms with van der Waals surface area (Å²) in [5, 5.41) is 10.2. The van der Waals surface area contributed by atoms with Gasteiger partial charge in [0.15, 0.2) is 9.84 Å². The maximum atomic E-state index is 11.7. The lowest BCUT2D eigenvalue weighted by Gasteiger charge is -2.10. The van der Waals surface area contributed by atoms with Crippen LogP contribution in [0.2, 0.25) is 5.02 Å². The number of rotatable bonds is 5. The first kappa shape index (κ1) is 14.0. The number of hydrogen-bond acceptors (Lipinski definition) is 4. The summed E-state index contributed by atoms with van der Waals surface area (Å²) in [6.07, 6.45) is 2.84. The maximum absolute atomic E-state index is 11.7. The fourth-order valence-corrected chi connectivity index (χ4v) is 3.02. The van der Waals surface area contributed by atoms with E-state index in [4.69, 9.17) is 11.6 Å². The summed E-state index contributed by atoms with van der Waals surface area (Å²) in [6, 6.07) is 6.73. The number of nitrogens with zero attached hydrogens (tertiary/aromatic N) is 1. The van der Waals surface area contributed by atoms with E-state index < -0.39 is 9.84 Å². The smallest absolute Gasteiger partial charge is 0.175 e. The van der Waals surface area contributed by atoms with E-state index in [1.54, 1.807) is 24.4 Å². The van der Waals surface area contributed by atoms with Crippen molar-refractivity contribution in [2.75, 3.05) is 6.26 Å². The summed E-state index contributed by atoms with van der Waals surface area (Å²) in [5.74, 6) is 0. The molecule has 2 aromatic rings. The average molecular weight is 300 g/mol. The summed E-state index contributed by atoms with van der Waals surface area (Å²) in [7, 11) is -3.28. The third-order valence-electron chi connectivity index (χ3n) is 2.65. The molecule has 0 fully saturated rings. The molecule has 0 atom stereocenters. The monoisotopic (exact) mass is 299 g/mol. The van der Waals surface area contributed by atoms with Crippen molar-refractivity contribution in [3.63, 3.8) is 0 Å². The van der Waals surface area contributed by atoms with Gasteiger partial charge in [0.25, 0.3) is 0 Å². The predicted molar refractivity (Wildman–Crippen MR) is 73.7 cm³/mol. The van der Waals surface area contributed by atoms with Crippen molar-refractivity contribution in [2.45, 2.75) is 18.0 Å². The van der Waals surface area contributed by atoms with Gasteiger partial charge in [-0.15, -0.1) is 0 Å². The largest absolute Gasteiger partial charge is 0.307 e. The summed E-state index contributed by atoms with van der Waals surface area (Å²) < 4.78 is 23.4. The highest BCUT2D eigenvalue weighted by molar-refractivity contribution is 7.90. The fourth-order valence-electron chi connectivity index (χ4n) is 1.76. The zero-order valence-electron chi connectivity index (χ0n) is 10.4. The number of aromatic nitrogens is 2. The lowest BCUT2D eigenvalue weighted by molar-refractivity contribution is 0.598. The molecule has 0 bridgehead atoms. The topological polar surface area (TPSA) is 74.8 Å². The molecule has 19 heavy (non-hydrogen) atoms. The normalized spacial score (nSPS) is 11.7. The molecule has 2 rings (SSSR count). The van der Waals surface area contributed by atoms with Crippen LogP contribution in [0.3, 0.4) is 0 Å². The highest BCUT2D eigenvalue weighted by Crippen LogP contribution is 2.23. The Kier molecular flexibility index (Phi) is 4.24. The maximum Gasteiger partial charge on any atom is 0.175 e. The predicted octanol–water partition coefficient (Wildman–Crippen LogP) is 1.76. The number of aromatic amines is 1. The molecule has 1 aromatic heterocycles. The van der Waals surface area contributed by atoms with Crippen molar-refractivity contribution < 1.29 is 8.42 Å². The van der Waals surface area contributed by atoms with Gasteiger partial charge >= 0.3 is 0 Å². The fraction of sp³-hybridized carbons (Fsp3) is 0.250. The van der Waals surface area contributed by atoms with Gasteiger partial charge in [0.05, 0.1) is 4.90 Å². The minimum Gasteiger partial charge on any atom is -0.307 e. The Labute approximate surface area is 116 Å². The Morgan fingerprint density at radius 1 is 1.32 bits per heavy atom. The summed E-state index contributed by atoms with van der Waals surface area (Å²) >= 11 is 6.07. The van der Waals surface area contributed by atoms with Gasteiger partial charge in [0.1, 0.15) is 0 Å². The standard InChI is InChI=1S/C12H14ClN3O2S/c1-19(17,18)12-4-2-3-11(13)10(12)8-14-7-9-5-6-15-16-9/h2-6,14H,7-8H2,1H3,(H,15,16). The van der Waals surface area contributed by atoms with E-state index in [9.17, 15) is 8.42 Å². The van der Waals surface area contributed by atoms with Gasteiger partial charge in [-0.1, -0.05) is 17.7 Å². The number of H-pyrrole nitrogens is 1. The van der Waals surface area contributed by atoms with Crippen LogP contribution in [0.15, 0.2) is 35.4 Å². The van der Waals surface area contributed by atoms with Crippen molar-refractivity contribution in [3.05, 3.63) is 46.7 Å². The molecule has 0 amide bonds. The van der Waals surface area contributed by atoms with Gasteiger partial charge in [-0.05, 0) is 18.2 Å². The van der Waals surface area contributed by atoms with E-state index in [0.29, 0.717) is 23.7 Å². The molecule has 0 saturated heterocycles. The quantitative estimate of drug-likeness (QED) is 0.882. The van der Waals surface area contributed by atoms with E-state index in [2.05, 4.69) is 15.5 Å². The van der Waals surface area contributed by atoms with E-state index >= 15 is 0 Å². The first-order chi connectivity index (χ1) is 8.98. The van der Waals surface area contributed by atoms with Crippen molar-refractivity contribution in [3.8, 4) is 0 Å². The van der Waals surface area contributed by atoms with Gasteiger partial charge in [-0.2, -0.15) is 5.10 Å². The van der Waals surface area contributed by atoms with E-state index in [0.717, 1.165) is 5.69 Å². The zero-order chi connectivity index (χ0) is 13.9. The number of nitrogens with one attached hydrogen (secondary N) is 2. The van der Waals surface area contributed by atoms with Crippen LogP contribution in [-0.2, 0) is 22.9 Å². The Balaban J connectivity index is 2.15. The molecule has 0 aliphatic heterocycles. The molecular formula is C12H14ClN3O2S. The summed E-state index contributed by atoms with van der Waals surface area (Å²) in [5.41, 5.74) is 1.51. The first-order valence-corrected chi connectivity index (χ1v) is 7.92. The second kappa shape index (κ2) is 5.73. The Morgan fingerprint density at radius 2 is 2.11 bits per heavy atom. The van der Waals surface area contributed by atoms with Crippen LogP contribution in [0.4, 0.5) is 0 Å². The summed E-state index contributed by atoms with van der Waals surface area (Å²) in [4.78, 5) is 0.261. The molecule has 2 N–H and O–H groups in total. The first-order valence-electron chi connectivity index (χ1n) is 5.65. The molecule has 0 spiro atoms. The van der Waals surface area contributed by atoms with Crippen LogP contribution >= 0.6 is 11.6 Å². The molecule has 1 aromatic carbocycles. The SMILES string of the molecule is CS(=O)(=O)c1cccc(Cl)c1CNCc1ccn[nH]1. The minimum atomic E-state index is -3.28. The second-order valence-corrected chi connectivity index (χ2v) is 6.57. The van der Waals surface area contributed by atoms with E-state index in [1.165, 1.54) is 6.26 Å². The molecule has 0 saturated carbocycles. The van der Waals surface area contributed by atoms with Crippen LogP contribution in [0.25, 0.3) is 0 Å². The lowest BCUT2D eigenvalue weighted by atomic mass is 10.2. The zero-order valence-corrected chi connectivity index (χ0v) is 11.9. The van der Waals surface area contributed by atoms with Crippen molar-refractivity contribution in [1.82, 2.24) is 15.5 Å². The lowest BCUT2D eigenvalue weighted by Crippen LogP contribution is -2.16. The van der Waals surface area contributed by atoms with E-state index in [-0.39, 0.29) is 4.90 Å². The molecule has 0 unspecified atom stereocenters. The third-order valence-corrected chi connectivity index (χ3v) is 4.19. The highest BCUT2D eigenvalue weighted by Gasteiger charge is 2.15. The molecular weight excluding hydrogens is 286 g/mol. The Bertz CT molecular complexity index is 654. The van der Waals surface area contributed by atoms with Crippen molar-refractivity contribution in [2.24, 2.45) is 0 Å². The van der Waals surface area contributed by atoms with E-state index in [1.807, 2.05) is 6.07 Å². The molecule has 5 nitrogen and oxygen atoms in total. The number of hydrogen-bond donors (Lipinski definition) is 2. The van der Waals surface area contributed by atoms with Gasteiger partial charge in [-0.25, -0.2) is 8.42 Å². The Hall–Kier alpha value is -1.37. The number of sulfone groups is 1. The number of halogens is 1. The average Bonchev–Trinajstić information content (AvgIpc) is 2.82. The van der Waals surface area contributed by atoms with Gasteiger partial charge < -0.3 is 5.32 Å².